The van der Waals surface area contributed by atoms with Crippen LogP contribution in [0.25, 0.3) is 0 Å². The molecule has 0 unspecified atom stereocenters. The van der Waals surface area contributed by atoms with Crippen LogP contribution in [0.2, 0.25) is 0 Å². The van der Waals surface area contributed by atoms with Crippen molar-refractivity contribution >= 4 is 0 Å². The van der Waals surface area contributed by atoms with Crippen LogP contribution in [0.1, 0.15) is 11.7 Å². The molecule has 1 rings (SSSR count). The van der Waals surface area contributed by atoms with Crippen LogP contribution in [0.3, 0.4) is 0 Å². The lowest BCUT2D eigenvalue weighted by atomic mass is 10.1. The zero-order valence-electron chi connectivity index (χ0n) is 10.0. The monoisotopic (exact) mass is 241 g/mol. The molecule has 0 saturated carbocycles. The summed E-state index contributed by atoms with van der Waals surface area (Å²) in [6.45, 7) is -0.319. The van der Waals surface area contributed by atoms with Gasteiger partial charge in [-0.2, -0.15) is 0 Å². The Hall–Kier alpha value is -1.82. The summed E-state index contributed by atoms with van der Waals surface area (Å²) in [7, 11) is 4.46. The molecule has 0 aliphatic carbocycles. The Morgan fingerprint density at radius 3 is 2.47 bits per heavy atom. The SMILES string of the molecule is COc1ccc(OC)c([C@H](C[N+](=O)[O-])OC)c1. The van der Waals surface area contributed by atoms with Crippen molar-refractivity contribution in [2.24, 2.45) is 0 Å². The molecule has 94 valence electrons. The maximum Gasteiger partial charge on any atom is 0.233 e. The first-order chi connectivity index (χ1) is 8.12. The van der Waals surface area contributed by atoms with Crippen LogP contribution in [-0.4, -0.2) is 32.8 Å². The van der Waals surface area contributed by atoms with Crippen molar-refractivity contribution in [1.82, 2.24) is 0 Å². The van der Waals surface area contributed by atoms with Gasteiger partial charge in [-0.15, -0.1) is 0 Å². The third-order valence-corrected chi connectivity index (χ3v) is 2.38. The van der Waals surface area contributed by atoms with Gasteiger partial charge in [-0.25, -0.2) is 0 Å². The highest BCUT2D eigenvalue weighted by molar-refractivity contribution is 5.41. The molecule has 6 heteroatoms. The van der Waals surface area contributed by atoms with E-state index in [-0.39, 0.29) is 6.54 Å². The second-order valence-electron chi connectivity index (χ2n) is 3.35. The predicted molar refractivity (Wildman–Crippen MR) is 61.2 cm³/mol. The third-order valence-electron chi connectivity index (χ3n) is 2.38. The number of ether oxygens (including phenoxy) is 3. The summed E-state index contributed by atoms with van der Waals surface area (Å²) in [6, 6.07) is 5.10. The first-order valence-electron chi connectivity index (χ1n) is 4.99. The van der Waals surface area contributed by atoms with Crippen molar-refractivity contribution in [2.45, 2.75) is 6.10 Å². The predicted octanol–water partition coefficient (Wildman–Crippen LogP) is 1.67. The molecule has 0 saturated heterocycles. The summed E-state index contributed by atoms with van der Waals surface area (Å²) in [5, 5.41) is 10.5. The Balaban J connectivity index is 3.09. The molecule has 0 N–H and O–H groups in total. The summed E-state index contributed by atoms with van der Waals surface area (Å²) in [5.41, 5.74) is 0.603. The number of hydrogen-bond donors (Lipinski definition) is 0. The normalized spacial score (nSPS) is 11.9. The van der Waals surface area contributed by atoms with E-state index in [0.29, 0.717) is 17.1 Å². The minimum atomic E-state index is -0.657. The van der Waals surface area contributed by atoms with Crippen LogP contribution < -0.4 is 9.47 Å². The lowest BCUT2D eigenvalue weighted by molar-refractivity contribution is -0.492. The van der Waals surface area contributed by atoms with Gasteiger partial charge in [0, 0.05) is 17.6 Å². The van der Waals surface area contributed by atoms with Gasteiger partial charge in [-0.3, -0.25) is 10.1 Å². The standard InChI is InChI=1S/C11H15NO5/c1-15-8-4-5-10(16-2)9(6-8)11(17-3)7-12(13)14/h4-6,11H,7H2,1-3H3/t11-/m0/s1. The largest absolute Gasteiger partial charge is 0.497 e. The van der Waals surface area contributed by atoms with Crippen LogP contribution in [0, 0.1) is 10.1 Å². The first kappa shape index (κ1) is 13.2. The van der Waals surface area contributed by atoms with Gasteiger partial charge in [-0.1, -0.05) is 0 Å². The van der Waals surface area contributed by atoms with Gasteiger partial charge in [0.25, 0.3) is 0 Å². The molecule has 0 aromatic heterocycles. The van der Waals surface area contributed by atoms with Crippen LogP contribution in [-0.2, 0) is 4.74 Å². The highest BCUT2D eigenvalue weighted by Crippen LogP contribution is 2.31. The van der Waals surface area contributed by atoms with E-state index in [2.05, 4.69) is 0 Å². The zero-order chi connectivity index (χ0) is 12.8. The van der Waals surface area contributed by atoms with E-state index in [1.165, 1.54) is 21.3 Å². The van der Waals surface area contributed by atoms with E-state index in [4.69, 9.17) is 14.2 Å². The van der Waals surface area contributed by atoms with Gasteiger partial charge in [0.05, 0.1) is 14.2 Å². The molecule has 6 nitrogen and oxygen atoms in total. The molecule has 1 aromatic carbocycles. The summed E-state index contributed by atoms with van der Waals surface area (Å²) in [6.07, 6.45) is -0.657. The van der Waals surface area contributed by atoms with Crippen molar-refractivity contribution in [3.8, 4) is 11.5 Å². The highest BCUT2D eigenvalue weighted by Gasteiger charge is 2.21. The Labute approximate surface area is 99.2 Å². The van der Waals surface area contributed by atoms with Crippen LogP contribution >= 0.6 is 0 Å². The minimum absolute atomic E-state index is 0.319. The fraction of sp³-hybridized carbons (Fsp3) is 0.455. The molecule has 17 heavy (non-hydrogen) atoms. The van der Waals surface area contributed by atoms with E-state index in [9.17, 15) is 10.1 Å². The topological polar surface area (TPSA) is 70.8 Å². The summed E-state index contributed by atoms with van der Waals surface area (Å²) in [5.74, 6) is 1.14. The molecule has 0 radical (unpaired) electrons. The van der Waals surface area contributed by atoms with Crippen LogP contribution in [0.5, 0.6) is 11.5 Å². The van der Waals surface area contributed by atoms with Crippen LogP contribution in [0.15, 0.2) is 18.2 Å². The van der Waals surface area contributed by atoms with Crippen molar-refractivity contribution < 1.29 is 19.1 Å². The maximum atomic E-state index is 10.5. The highest BCUT2D eigenvalue weighted by atomic mass is 16.6. The van der Waals surface area contributed by atoms with Gasteiger partial charge >= 0.3 is 0 Å². The van der Waals surface area contributed by atoms with Crippen molar-refractivity contribution in [2.75, 3.05) is 27.9 Å². The minimum Gasteiger partial charge on any atom is -0.497 e. The third kappa shape index (κ3) is 3.32. The molecule has 0 spiro atoms. The van der Waals surface area contributed by atoms with E-state index in [0.717, 1.165) is 0 Å². The average Bonchev–Trinajstić information content (AvgIpc) is 2.34. The fourth-order valence-corrected chi connectivity index (χ4v) is 1.53. The van der Waals surface area contributed by atoms with E-state index in [1.807, 2.05) is 0 Å². The summed E-state index contributed by atoms with van der Waals surface area (Å²) >= 11 is 0. The number of rotatable bonds is 6. The molecule has 0 aliphatic heterocycles. The second-order valence-corrected chi connectivity index (χ2v) is 3.35. The van der Waals surface area contributed by atoms with E-state index < -0.39 is 11.0 Å². The van der Waals surface area contributed by atoms with Gasteiger partial charge in [0.15, 0.2) is 6.10 Å². The smallest absolute Gasteiger partial charge is 0.233 e. The number of benzene rings is 1. The molecule has 0 aliphatic rings. The van der Waals surface area contributed by atoms with E-state index in [1.54, 1.807) is 18.2 Å². The average molecular weight is 241 g/mol. The summed E-state index contributed by atoms with van der Waals surface area (Å²) < 4.78 is 15.3. The number of nitrogens with zero attached hydrogens (tertiary/aromatic N) is 1. The molecule has 1 aromatic rings. The first-order valence-corrected chi connectivity index (χ1v) is 4.99. The van der Waals surface area contributed by atoms with Crippen molar-refractivity contribution in [3.63, 3.8) is 0 Å². The molecule has 1 atom stereocenters. The molecule has 0 amide bonds. The molecule has 0 fully saturated rings. The quantitative estimate of drug-likeness (QED) is 0.559. The Morgan fingerprint density at radius 1 is 1.29 bits per heavy atom. The van der Waals surface area contributed by atoms with Crippen molar-refractivity contribution in [1.29, 1.82) is 0 Å². The molecular weight excluding hydrogens is 226 g/mol. The Bertz CT molecular complexity index is 393. The van der Waals surface area contributed by atoms with Crippen LogP contribution in [0.4, 0.5) is 0 Å². The van der Waals surface area contributed by atoms with Gasteiger partial charge < -0.3 is 14.2 Å². The Morgan fingerprint density at radius 2 is 2.00 bits per heavy atom. The molecule has 0 heterocycles. The Kier molecular flexibility index (Phi) is 4.71. The second kappa shape index (κ2) is 6.05. The lowest BCUT2D eigenvalue weighted by Crippen LogP contribution is -2.15. The number of hydrogen-bond acceptors (Lipinski definition) is 5. The van der Waals surface area contributed by atoms with Gasteiger partial charge in [-0.05, 0) is 18.2 Å². The summed E-state index contributed by atoms with van der Waals surface area (Å²) in [4.78, 5) is 10.1. The van der Waals surface area contributed by atoms with Gasteiger partial charge in [0.1, 0.15) is 11.5 Å². The van der Waals surface area contributed by atoms with Gasteiger partial charge in [0.2, 0.25) is 6.54 Å². The fourth-order valence-electron chi connectivity index (χ4n) is 1.53. The maximum absolute atomic E-state index is 10.5. The van der Waals surface area contributed by atoms with E-state index >= 15 is 0 Å². The number of nitro groups is 1. The number of methoxy groups -OCH3 is 3. The zero-order valence-corrected chi connectivity index (χ0v) is 10.0. The van der Waals surface area contributed by atoms with Crippen molar-refractivity contribution in [3.05, 3.63) is 33.9 Å². The molecular formula is C11H15NO5. The molecule has 0 bridgehead atoms. The lowest BCUT2D eigenvalue weighted by Gasteiger charge is -2.16.